The first-order valence-corrected chi connectivity index (χ1v) is 6.09. The molecule has 0 aromatic rings. The van der Waals surface area contributed by atoms with Crippen molar-refractivity contribution in [2.75, 3.05) is 13.2 Å². The first-order chi connectivity index (χ1) is 7.67. The molecule has 0 aromatic carbocycles. The normalized spacial score (nSPS) is 14.9. The number of rotatable bonds is 6. The van der Waals surface area contributed by atoms with Crippen molar-refractivity contribution in [3.8, 4) is 0 Å². The SMILES string of the molecule is CC(OCC(O)CO)=C(C)C(=O)OP(=O)(O)O. The number of carbonyl (C=O) groups excluding carboxylic acids is 1. The molecule has 1 atom stereocenters. The van der Waals surface area contributed by atoms with E-state index in [-0.39, 0.29) is 17.9 Å². The third-order valence-corrected chi connectivity index (χ3v) is 2.14. The van der Waals surface area contributed by atoms with Gasteiger partial charge in [-0.15, -0.1) is 0 Å². The molecule has 8 nitrogen and oxygen atoms in total. The van der Waals surface area contributed by atoms with Crippen molar-refractivity contribution in [2.24, 2.45) is 0 Å². The van der Waals surface area contributed by atoms with Crippen LogP contribution in [0.2, 0.25) is 0 Å². The molecule has 100 valence electrons. The van der Waals surface area contributed by atoms with Crippen molar-refractivity contribution in [3.63, 3.8) is 0 Å². The van der Waals surface area contributed by atoms with Gasteiger partial charge in [0, 0.05) is 0 Å². The number of aliphatic hydroxyl groups excluding tert-OH is 2. The molecule has 0 aromatic heterocycles. The number of hydrogen-bond acceptors (Lipinski definition) is 6. The molecule has 0 saturated carbocycles. The second kappa shape index (κ2) is 6.73. The summed E-state index contributed by atoms with van der Waals surface area (Å²) in [4.78, 5) is 28.0. The summed E-state index contributed by atoms with van der Waals surface area (Å²) in [6.45, 7) is 1.86. The van der Waals surface area contributed by atoms with Crippen molar-refractivity contribution in [1.29, 1.82) is 0 Å². The van der Waals surface area contributed by atoms with E-state index in [2.05, 4.69) is 4.52 Å². The third-order valence-electron chi connectivity index (χ3n) is 1.74. The molecule has 0 aliphatic rings. The summed E-state index contributed by atoms with van der Waals surface area (Å²) in [5, 5.41) is 17.5. The molecule has 0 rings (SSSR count). The summed E-state index contributed by atoms with van der Waals surface area (Å²) in [6, 6.07) is 0. The number of phosphoric acid groups is 1. The van der Waals surface area contributed by atoms with Gasteiger partial charge in [-0.25, -0.2) is 9.36 Å². The Kier molecular flexibility index (Phi) is 6.36. The highest BCUT2D eigenvalue weighted by molar-refractivity contribution is 7.46. The fraction of sp³-hybridized carbons (Fsp3) is 0.625. The van der Waals surface area contributed by atoms with Gasteiger partial charge in [-0.3, -0.25) is 9.79 Å². The molecule has 0 aliphatic heterocycles. The second-order valence-electron chi connectivity index (χ2n) is 3.20. The quantitative estimate of drug-likeness (QED) is 0.282. The Labute approximate surface area is 97.7 Å². The van der Waals surface area contributed by atoms with Crippen LogP contribution in [0.15, 0.2) is 11.3 Å². The van der Waals surface area contributed by atoms with E-state index in [1.165, 1.54) is 13.8 Å². The van der Waals surface area contributed by atoms with Gasteiger partial charge in [0.1, 0.15) is 18.5 Å². The molecule has 1 unspecified atom stereocenters. The Hall–Kier alpha value is -0.920. The molecule has 0 spiro atoms. The molecule has 0 radical (unpaired) electrons. The maximum Gasteiger partial charge on any atom is 0.527 e. The fourth-order valence-electron chi connectivity index (χ4n) is 0.702. The number of hydrogen-bond donors (Lipinski definition) is 4. The maximum absolute atomic E-state index is 11.2. The minimum absolute atomic E-state index is 0.0379. The van der Waals surface area contributed by atoms with Gasteiger partial charge in [0.25, 0.3) is 0 Å². The van der Waals surface area contributed by atoms with E-state index in [0.29, 0.717) is 0 Å². The monoisotopic (exact) mass is 270 g/mol. The molecule has 0 bridgehead atoms. The maximum atomic E-state index is 11.2. The predicted octanol–water partition coefficient (Wildman–Crippen LogP) is -0.714. The summed E-state index contributed by atoms with van der Waals surface area (Å²) in [5.74, 6) is -1.18. The highest BCUT2D eigenvalue weighted by Crippen LogP contribution is 2.37. The molecule has 0 saturated heterocycles. The molecule has 4 N–H and O–H groups in total. The van der Waals surface area contributed by atoms with Crippen molar-refractivity contribution in [2.45, 2.75) is 20.0 Å². The summed E-state index contributed by atoms with van der Waals surface area (Å²) in [5.41, 5.74) is -0.140. The summed E-state index contributed by atoms with van der Waals surface area (Å²) in [7, 11) is -4.89. The average Bonchev–Trinajstić information content (AvgIpc) is 2.21. The Morgan fingerprint density at radius 1 is 1.35 bits per heavy atom. The Balaban J connectivity index is 4.48. The van der Waals surface area contributed by atoms with Gasteiger partial charge in [-0.2, -0.15) is 0 Å². The smallest absolute Gasteiger partial charge is 0.495 e. The average molecular weight is 270 g/mol. The lowest BCUT2D eigenvalue weighted by molar-refractivity contribution is -0.131. The minimum Gasteiger partial charge on any atom is -0.495 e. The molecule has 0 amide bonds. The van der Waals surface area contributed by atoms with Crippen LogP contribution in [0.25, 0.3) is 0 Å². The van der Waals surface area contributed by atoms with Crippen LogP contribution in [0.1, 0.15) is 13.8 Å². The summed E-state index contributed by atoms with van der Waals surface area (Å²) >= 11 is 0. The molecule has 0 heterocycles. The summed E-state index contributed by atoms with van der Waals surface area (Å²) in [6.07, 6.45) is -1.10. The van der Waals surface area contributed by atoms with Crippen LogP contribution in [-0.4, -0.2) is 45.3 Å². The van der Waals surface area contributed by atoms with Gasteiger partial charge in [-0.1, -0.05) is 0 Å². The van der Waals surface area contributed by atoms with Crippen LogP contribution in [-0.2, 0) is 18.6 Å². The van der Waals surface area contributed by atoms with E-state index in [4.69, 9.17) is 24.7 Å². The molecule has 0 fully saturated rings. The lowest BCUT2D eigenvalue weighted by Gasteiger charge is -2.12. The van der Waals surface area contributed by atoms with Gasteiger partial charge < -0.3 is 19.5 Å². The van der Waals surface area contributed by atoms with E-state index in [9.17, 15) is 9.36 Å². The number of allylic oxidation sites excluding steroid dienone is 1. The first-order valence-electron chi connectivity index (χ1n) is 4.56. The highest BCUT2D eigenvalue weighted by atomic mass is 31.2. The van der Waals surface area contributed by atoms with Gasteiger partial charge >= 0.3 is 13.8 Å². The van der Waals surface area contributed by atoms with Gasteiger partial charge in [-0.05, 0) is 13.8 Å². The van der Waals surface area contributed by atoms with Crippen molar-refractivity contribution >= 4 is 13.8 Å². The third kappa shape index (κ3) is 7.09. The number of aliphatic hydroxyl groups is 2. The lowest BCUT2D eigenvalue weighted by Crippen LogP contribution is -2.19. The van der Waals surface area contributed by atoms with Crippen LogP contribution in [0.3, 0.4) is 0 Å². The Morgan fingerprint density at radius 3 is 2.29 bits per heavy atom. The van der Waals surface area contributed by atoms with Crippen LogP contribution >= 0.6 is 7.82 Å². The molecular weight excluding hydrogens is 255 g/mol. The molecule has 0 aliphatic carbocycles. The Bertz CT molecular complexity index is 343. The van der Waals surface area contributed by atoms with Crippen molar-refractivity contribution in [3.05, 3.63) is 11.3 Å². The zero-order valence-electron chi connectivity index (χ0n) is 9.36. The van der Waals surface area contributed by atoms with Gasteiger partial charge in [0.15, 0.2) is 0 Å². The standard InChI is InChI=1S/C8H15O8P/c1-5(8(11)16-17(12,13)14)6(2)15-4-7(10)3-9/h7,9-10H,3-4H2,1-2H3,(H2,12,13,14). The van der Waals surface area contributed by atoms with E-state index >= 15 is 0 Å². The van der Waals surface area contributed by atoms with Crippen LogP contribution in [0.4, 0.5) is 0 Å². The van der Waals surface area contributed by atoms with Gasteiger partial charge in [0.2, 0.25) is 0 Å². The zero-order chi connectivity index (χ0) is 13.6. The fourth-order valence-corrected chi connectivity index (χ4v) is 1.06. The molecular formula is C8H15O8P. The predicted molar refractivity (Wildman–Crippen MR) is 55.6 cm³/mol. The first kappa shape index (κ1) is 16.1. The highest BCUT2D eigenvalue weighted by Gasteiger charge is 2.23. The van der Waals surface area contributed by atoms with Crippen LogP contribution in [0, 0.1) is 0 Å². The second-order valence-corrected chi connectivity index (χ2v) is 4.36. The minimum atomic E-state index is -4.89. The number of carbonyl (C=O) groups is 1. The Morgan fingerprint density at radius 2 is 1.88 bits per heavy atom. The van der Waals surface area contributed by atoms with E-state index in [1.807, 2.05) is 0 Å². The topological polar surface area (TPSA) is 134 Å². The van der Waals surface area contributed by atoms with Gasteiger partial charge in [0.05, 0.1) is 12.2 Å². The van der Waals surface area contributed by atoms with Crippen molar-refractivity contribution < 1.29 is 38.6 Å². The van der Waals surface area contributed by atoms with Crippen LogP contribution < -0.4 is 0 Å². The number of phosphoric ester groups is 1. The molecule has 17 heavy (non-hydrogen) atoms. The zero-order valence-corrected chi connectivity index (χ0v) is 10.3. The number of ether oxygens (including phenoxy) is 1. The van der Waals surface area contributed by atoms with E-state index in [1.54, 1.807) is 0 Å². The van der Waals surface area contributed by atoms with E-state index in [0.717, 1.165) is 0 Å². The lowest BCUT2D eigenvalue weighted by atomic mass is 10.3. The largest absolute Gasteiger partial charge is 0.527 e. The van der Waals surface area contributed by atoms with E-state index < -0.39 is 26.5 Å². The summed E-state index contributed by atoms with van der Waals surface area (Å²) < 4.78 is 19.1. The molecule has 9 heteroatoms. The van der Waals surface area contributed by atoms with Crippen molar-refractivity contribution in [1.82, 2.24) is 0 Å². The van der Waals surface area contributed by atoms with Crippen LogP contribution in [0.5, 0.6) is 0 Å².